The Hall–Kier alpha value is -6.79. The molecule has 3 aliphatic rings. The molecule has 3 aliphatic heterocycles. The lowest BCUT2D eigenvalue weighted by Gasteiger charge is -2.45. The van der Waals surface area contributed by atoms with Crippen LogP contribution < -0.4 is 4.74 Å². The molecule has 0 amide bonds. The summed E-state index contributed by atoms with van der Waals surface area (Å²) in [5.41, 5.74) is 1.17. The average molecular weight is 916 g/mol. The van der Waals surface area contributed by atoms with Crippen molar-refractivity contribution >= 4 is 29.6 Å². The summed E-state index contributed by atoms with van der Waals surface area (Å²) in [6, 6.07) is 39.8. The molecule has 0 radical (unpaired) electrons. The van der Waals surface area contributed by atoms with Crippen LogP contribution >= 0.6 is 0 Å². The first kappa shape index (κ1) is 46.7. The van der Waals surface area contributed by atoms with Crippen LogP contribution in [0.4, 0.5) is 0 Å². The van der Waals surface area contributed by atoms with Gasteiger partial charge in [-0.3, -0.25) is 0 Å². The molecule has 0 unspecified atom stereocenters. The van der Waals surface area contributed by atoms with Crippen LogP contribution in [-0.4, -0.2) is 104 Å². The summed E-state index contributed by atoms with van der Waals surface area (Å²) in [5.74, 6) is -3.75. The van der Waals surface area contributed by atoms with Gasteiger partial charge in [0.15, 0.2) is 30.0 Å². The maximum Gasteiger partial charge on any atom is 0.365 e. The first-order valence-corrected chi connectivity index (χ1v) is 21.6. The average Bonchev–Trinajstić information content (AvgIpc) is 3.69. The number of hydrogen-bond acceptors (Lipinski definition) is 16. The largest absolute Gasteiger partial charge is 0.497 e. The van der Waals surface area contributed by atoms with Crippen molar-refractivity contribution in [3.05, 3.63) is 173 Å². The van der Waals surface area contributed by atoms with Crippen LogP contribution in [0, 0.1) is 0 Å². The van der Waals surface area contributed by atoms with Crippen molar-refractivity contribution in [3.8, 4) is 5.75 Å². The van der Waals surface area contributed by atoms with Crippen LogP contribution in [0.15, 0.2) is 151 Å². The lowest BCUT2D eigenvalue weighted by Crippen LogP contribution is -2.63. The number of oxime groups is 1. The molecule has 16 nitrogen and oxygen atoms in total. The van der Waals surface area contributed by atoms with Crippen molar-refractivity contribution in [2.75, 3.05) is 13.7 Å². The first-order valence-electron chi connectivity index (χ1n) is 21.6. The number of fused-ring (bicyclic) bond motifs is 1. The fourth-order valence-electron chi connectivity index (χ4n) is 7.74. The fraction of sp³-hybridized carbons (Fsp3) is 0.314. The minimum absolute atomic E-state index is 0.129. The molecule has 5 aromatic rings. The normalized spacial score (nSPS) is 25.9. The van der Waals surface area contributed by atoms with Gasteiger partial charge in [-0.15, -0.1) is 0 Å². The van der Waals surface area contributed by atoms with Crippen LogP contribution in [-0.2, 0) is 54.1 Å². The number of carbonyl (C=O) groups excluding carboxylic acids is 4. The third-order valence-corrected chi connectivity index (χ3v) is 11.0. The Balaban J connectivity index is 1.17. The molecule has 0 saturated carbocycles. The number of carbonyl (C=O) groups is 4. The lowest BCUT2D eigenvalue weighted by atomic mass is 9.97. The molecular formula is C51H49NO15. The number of rotatable bonds is 15. The summed E-state index contributed by atoms with van der Waals surface area (Å²) < 4.78 is 62.4. The zero-order valence-corrected chi connectivity index (χ0v) is 37.0. The predicted molar refractivity (Wildman–Crippen MR) is 237 cm³/mol. The Bertz CT molecular complexity index is 2490. The summed E-state index contributed by atoms with van der Waals surface area (Å²) in [4.78, 5) is 60.6. The SMILES string of the molecule is COc1ccc(CO[C@@H]2O[C@@H](C)[C@H](O[C@@H]3O[C@H](COC(=O)c4ccccc4)[C@@H](OC(=O)c4ccccc4)[C@H](OC(=O)c4ccccc4)/C3=N\OC(=O)c3ccccc3)[C@H]3OC(C)(C)O[C@@H]23)cc1. The van der Waals surface area contributed by atoms with Gasteiger partial charge >= 0.3 is 23.9 Å². The van der Waals surface area contributed by atoms with E-state index in [1.165, 1.54) is 36.4 Å². The maximum atomic E-state index is 14.1. The third-order valence-electron chi connectivity index (χ3n) is 11.0. The number of methoxy groups -OCH3 is 1. The zero-order chi connectivity index (χ0) is 46.9. The molecule has 5 aromatic carbocycles. The Morgan fingerprint density at radius 2 is 1.13 bits per heavy atom. The van der Waals surface area contributed by atoms with Crippen molar-refractivity contribution in [1.29, 1.82) is 0 Å². The van der Waals surface area contributed by atoms with E-state index < -0.39 is 91.6 Å². The molecule has 0 N–H and O–H groups in total. The van der Waals surface area contributed by atoms with Crippen LogP contribution in [0.2, 0.25) is 0 Å². The highest BCUT2D eigenvalue weighted by molar-refractivity contribution is 5.99. The maximum absolute atomic E-state index is 14.1. The Morgan fingerprint density at radius 3 is 1.70 bits per heavy atom. The number of benzene rings is 5. The minimum atomic E-state index is -1.70. The summed E-state index contributed by atoms with van der Waals surface area (Å²) >= 11 is 0. The predicted octanol–water partition coefficient (Wildman–Crippen LogP) is 7.11. The van der Waals surface area contributed by atoms with Gasteiger partial charge in [-0.1, -0.05) is 90.1 Å². The van der Waals surface area contributed by atoms with Crippen molar-refractivity contribution in [2.45, 2.75) is 88.5 Å². The van der Waals surface area contributed by atoms with Crippen molar-refractivity contribution in [2.24, 2.45) is 5.16 Å². The summed E-state index contributed by atoms with van der Waals surface area (Å²) in [6.07, 6.45) is -10.8. The molecule has 3 heterocycles. The first-order chi connectivity index (χ1) is 32.5. The topological polar surface area (TPSA) is 182 Å². The molecular weight excluding hydrogens is 867 g/mol. The number of hydrogen-bond donors (Lipinski definition) is 0. The summed E-state index contributed by atoms with van der Waals surface area (Å²) in [7, 11) is 1.59. The van der Waals surface area contributed by atoms with E-state index in [0.717, 1.165) is 5.56 Å². The van der Waals surface area contributed by atoms with E-state index >= 15 is 0 Å². The van der Waals surface area contributed by atoms with E-state index in [1.807, 2.05) is 24.3 Å². The number of esters is 3. The molecule has 0 spiro atoms. The molecule has 0 aromatic heterocycles. The Labute approximate surface area is 386 Å². The van der Waals surface area contributed by atoms with Gasteiger partial charge in [0.25, 0.3) is 0 Å². The van der Waals surface area contributed by atoms with E-state index in [9.17, 15) is 19.2 Å². The van der Waals surface area contributed by atoms with Gasteiger partial charge in [0, 0.05) is 0 Å². The van der Waals surface area contributed by atoms with E-state index in [2.05, 4.69) is 5.16 Å². The van der Waals surface area contributed by atoms with Gasteiger partial charge in [-0.05, 0) is 87.0 Å². The Morgan fingerprint density at radius 1 is 0.612 bits per heavy atom. The molecule has 0 aliphatic carbocycles. The van der Waals surface area contributed by atoms with Gasteiger partial charge in [0.05, 0.1) is 42.1 Å². The molecule has 0 bridgehead atoms. The van der Waals surface area contributed by atoms with Crippen molar-refractivity contribution in [1.82, 2.24) is 0 Å². The molecule has 67 heavy (non-hydrogen) atoms. The highest BCUT2D eigenvalue weighted by Crippen LogP contribution is 2.41. The minimum Gasteiger partial charge on any atom is -0.497 e. The van der Waals surface area contributed by atoms with Crippen LogP contribution in [0.5, 0.6) is 5.75 Å². The molecule has 16 heteroatoms. The van der Waals surface area contributed by atoms with Gasteiger partial charge in [-0.25, -0.2) is 19.2 Å². The zero-order valence-electron chi connectivity index (χ0n) is 37.0. The van der Waals surface area contributed by atoms with Crippen molar-refractivity contribution < 1.29 is 71.4 Å². The van der Waals surface area contributed by atoms with E-state index in [-0.39, 0.29) is 34.6 Å². The van der Waals surface area contributed by atoms with Gasteiger partial charge in [0.2, 0.25) is 6.29 Å². The van der Waals surface area contributed by atoms with Crippen LogP contribution in [0.1, 0.15) is 67.8 Å². The molecule has 348 valence electrons. The molecule has 3 fully saturated rings. The quantitative estimate of drug-likeness (QED) is 0.0448. The molecule has 8 rings (SSSR count). The third kappa shape index (κ3) is 11.4. The second-order valence-electron chi connectivity index (χ2n) is 16.2. The van der Waals surface area contributed by atoms with Gasteiger partial charge in [-0.2, -0.15) is 0 Å². The standard InChI is InChI=1S/C51H49NO15/c1-31-40(43-44(66-51(2,3)65-43)50(60-31)59-29-32-25-27-37(57-4)28-26-32)64-49-39(52-67-48(56)36-23-15-8-16-24-36)42(63-47(55)35-21-13-7-14-22-35)41(62-46(54)34-19-11-6-12-20-34)38(61-49)30-58-45(53)33-17-9-5-10-18-33/h5-28,31,38,40-44,49-50H,29-30H2,1-4H3/b52-39+/t31-,38+,40-,41+,42+,43+,44+,49-,50+/m0/s1. The molecule has 3 saturated heterocycles. The van der Waals surface area contributed by atoms with E-state index in [4.69, 9.17) is 52.2 Å². The second kappa shape index (κ2) is 21.2. The molecule has 9 atom stereocenters. The summed E-state index contributed by atoms with van der Waals surface area (Å²) in [6.45, 7) is 4.83. The lowest BCUT2D eigenvalue weighted by molar-refractivity contribution is -0.304. The highest BCUT2D eigenvalue weighted by atomic mass is 16.8. The van der Waals surface area contributed by atoms with Crippen LogP contribution in [0.25, 0.3) is 0 Å². The number of ether oxygens (including phenoxy) is 10. The number of nitrogens with zero attached hydrogens (tertiary/aromatic N) is 1. The second-order valence-corrected chi connectivity index (χ2v) is 16.2. The van der Waals surface area contributed by atoms with Gasteiger partial charge < -0.3 is 52.2 Å². The van der Waals surface area contributed by atoms with Crippen molar-refractivity contribution in [3.63, 3.8) is 0 Å². The monoisotopic (exact) mass is 915 g/mol. The fourth-order valence-corrected chi connectivity index (χ4v) is 7.74. The van der Waals surface area contributed by atoms with Crippen LogP contribution in [0.3, 0.4) is 0 Å². The Kier molecular flexibility index (Phi) is 14.8. The highest BCUT2D eigenvalue weighted by Gasteiger charge is 2.58. The smallest absolute Gasteiger partial charge is 0.365 e. The van der Waals surface area contributed by atoms with Gasteiger partial charge in [0.1, 0.15) is 36.8 Å². The van der Waals surface area contributed by atoms with E-state index in [1.54, 1.807) is 113 Å². The summed E-state index contributed by atoms with van der Waals surface area (Å²) in [5, 5.41) is 4.27. The van der Waals surface area contributed by atoms with E-state index in [0.29, 0.717) is 5.75 Å².